The van der Waals surface area contributed by atoms with Crippen LogP contribution in [-0.2, 0) is 13.0 Å². The van der Waals surface area contributed by atoms with Crippen LogP contribution in [0.2, 0.25) is 10.0 Å². The van der Waals surface area contributed by atoms with E-state index >= 15 is 0 Å². The summed E-state index contributed by atoms with van der Waals surface area (Å²) in [4.78, 5) is 31.7. The van der Waals surface area contributed by atoms with E-state index in [0.717, 1.165) is 37.7 Å². The van der Waals surface area contributed by atoms with E-state index in [1.165, 1.54) is 10.2 Å². The fourth-order valence-corrected chi connectivity index (χ4v) is 5.98. The fraction of sp³-hybridized carbons (Fsp3) is 0.306. The molecule has 0 aliphatic carbocycles. The summed E-state index contributed by atoms with van der Waals surface area (Å²) >= 11 is 12.9. The highest BCUT2D eigenvalue weighted by Gasteiger charge is 2.28. The summed E-state index contributed by atoms with van der Waals surface area (Å²) in [5.41, 5.74) is 4.72. The van der Waals surface area contributed by atoms with Crippen molar-refractivity contribution in [2.45, 2.75) is 52.5 Å². The molecule has 9 heteroatoms. The molecule has 1 aromatic heterocycles. The number of unbranched alkanes of at least 4 members (excludes halogenated alkanes) is 2. The highest BCUT2D eigenvalue weighted by atomic mass is 35.5. The molecular formula is C36H36Cl2N4O3. The van der Waals surface area contributed by atoms with E-state index in [9.17, 15) is 9.59 Å². The third kappa shape index (κ3) is 7.03. The summed E-state index contributed by atoms with van der Waals surface area (Å²) < 4.78 is 6.98. The van der Waals surface area contributed by atoms with E-state index in [1.807, 2.05) is 46.2 Å². The van der Waals surface area contributed by atoms with Gasteiger partial charge in [-0.3, -0.25) is 9.59 Å². The summed E-state index contributed by atoms with van der Waals surface area (Å²) in [7, 11) is 0. The van der Waals surface area contributed by atoms with Crippen molar-refractivity contribution in [2.75, 3.05) is 19.6 Å². The molecule has 232 valence electrons. The third-order valence-corrected chi connectivity index (χ3v) is 8.86. The molecule has 2 amide bonds. The second kappa shape index (κ2) is 14.7. The van der Waals surface area contributed by atoms with Gasteiger partial charge in [-0.05, 0) is 54.2 Å². The van der Waals surface area contributed by atoms with Crippen LogP contribution >= 0.6 is 23.2 Å². The van der Waals surface area contributed by atoms with Crippen LogP contribution in [0.4, 0.5) is 0 Å². The van der Waals surface area contributed by atoms with E-state index in [-0.39, 0.29) is 23.4 Å². The first-order valence-corrected chi connectivity index (χ1v) is 16.1. The molecule has 1 aliphatic heterocycles. The zero-order valence-corrected chi connectivity index (χ0v) is 27.1. The average Bonchev–Trinajstić information content (AvgIpc) is 3.48. The van der Waals surface area contributed by atoms with Gasteiger partial charge >= 0.3 is 0 Å². The van der Waals surface area contributed by atoms with Crippen molar-refractivity contribution >= 4 is 35.0 Å². The second-order valence-corrected chi connectivity index (χ2v) is 11.9. The van der Waals surface area contributed by atoms with Gasteiger partial charge in [0, 0.05) is 37.8 Å². The molecule has 5 rings (SSSR count). The van der Waals surface area contributed by atoms with Crippen molar-refractivity contribution in [3.05, 3.63) is 99.2 Å². The maximum Gasteiger partial charge on any atom is 0.274 e. The summed E-state index contributed by atoms with van der Waals surface area (Å²) in [6.07, 6.45) is 12.2. The molecule has 2 heterocycles. The first-order chi connectivity index (χ1) is 21.9. The quantitative estimate of drug-likeness (QED) is 0.155. The van der Waals surface area contributed by atoms with Crippen LogP contribution in [-0.4, -0.2) is 51.0 Å². The Morgan fingerprint density at radius 3 is 2.42 bits per heavy atom. The minimum atomic E-state index is -0.208. The second-order valence-electron chi connectivity index (χ2n) is 11.1. The molecule has 0 saturated heterocycles. The van der Waals surface area contributed by atoms with Crippen LogP contribution in [0.5, 0.6) is 5.88 Å². The maximum atomic E-state index is 14.4. The van der Waals surface area contributed by atoms with E-state index < -0.39 is 0 Å². The highest BCUT2D eigenvalue weighted by molar-refractivity contribution is 6.43. The zero-order valence-electron chi connectivity index (χ0n) is 25.6. The molecule has 0 saturated carbocycles. The summed E-state index contributed by atoms with van der Waals surface area (Å²) in [5, 5.41) is 5.48. The number of carbonyl (C=O) groups excluding carboxylic acids is 2. The lowest BCUT2D eigenvalue weighted by atomic mass is 9.97. The lowest BCUT2D eigenvalue weighted by Crippen LogP contribution is -2.36. The van der Waals surface area contributed by atoms with Gasteiger partial charge in [-0.25, -0.2) is 0 Å². The molecule has 4 aromatic rings. The molecule has 0 atom stereocenters. The molecule has 45 heavy (non-hydrogen) atoms. The molecule has 0 spiro atoms. The van der Waals surface area contributed by atoms with Crippen LogP contribution in [0, 0.1) is 12.5 Å². The zero-order chi connectivity index (χ0) is 31.9. The predicted molar refractivity (Wildman–Crippen MR) is 179 cm³/mol. The number of ether oxygens (including phenoxy) is 1. The van der Waals surface area contributed by atoms with Gasteiger partial charge in [-0.2, -0.15) is 9.78 Å². The number of benzene rings is 3. The summed E-state index contributed by atoms with van der Waals surface area (Å²) in [5.74, 6) is -0.235. The number of fused-ring (bicyclic) bond motifs is 1. The minimum absolute atomic E-state index is 0.165. The lowest BCUT2D eigenvalue weighted by Gasteiger charge is -2.29. The van der Waals surface area contributed by atoms with Crippen molar-refractivity contribution < 1.29 is 14.3 Å². The Morgan fingerprint density at radius 1 is 0.978 bits per heavy atom. The fourth-order valence-electron chi connectivity index (χ4n) is 5.57. The lowest BCUT2D eigenvalue weighted by molar-refractivity contribution is 0.0732. The molecule has 0 N–H and O–H groups in total. The smallest absolute Gasteiger partial charge is 0.274 e. The maximum absolute atomic E-state index is 14.4. The van der Waals surface area contributed by atoms with Crippen LogP contribution in [0.1, 0.15) is 71.5 Å². The number of rotatable bonds is 11. The van der Waals surface area contributed by atoms with Crippen LogP contribution in [0.25, 0.3) is 16.8 Å². The van der Waals surface area contributed by atoms with Crippen molar-refractivity contribution in [1.29, 1.82) is 0 Å². The average molecular weight is 644 g/mol. The Hall–Kier alpha value is -4.25. The van der Waals surface area contributed by atoms with Gasteiger partial charge in [0.25, 0.3) is 11.8 Å². The Labute approximate surface area is 274 Å². The third-order valence-electron chi connectivity index (χ3n) is 8.05. The number of amides is 2. The predicted octanol–water partition coefficient (Wildman–Crippen LogP) is 8.06. The molecule has 0 unspecified atom stereocenters. The largest absolute Gasteiger partial charge is 0.388 e. The number of terminal acetylenes is 1. The Balaban J connectivity index is 1.61. The minimum Gasteiger partial charge on any atom is -0.388 e. The molecule has 1 aliphatic rings. The first kappa shape index (κ1) is 32.2. The SMILES string of the molecule is C#COc1cc(C(=O)N(CCCC)CCCC)nn1-c1ccc(-c2cccc(Cl)c2Cl)cc1C(=O)N1CCc2ccccc2C1. The molecule has 3 aromatic carbocycles. The standard InChI is InChI=1S/C36H36Cl2N4O3/c1-4-7-19-40(20-8-5-2)36(44)31-23-33(45-6-3)42(39-31)32-17-16-26(28-14-11-15-30(37)34(28)38)22-29(32)35(43)41-21-18-25-12-9-10-13-27(25)24-41/h3,9-17,22-23H,4-5,7-8,18-21,24H2,1-2H3. The van der Waals surface area contributed by atoms with Gasteiger partial charge < -0.3 is 14.5 Å². The van der Waals surface area contributed by atoms with E-state index in [2.05, 4.69) is 31.1 Å². The van der Waals surface area contributed by atoms with Gasteiger partial charge in [0.05, 0.1) is 21.3 Å². The number of carbonyl (C=O) groups is 2. The van der Waals surface area contributed by atoms with E-state index in [4.69, 9.17) is 34.4 Å². The summed E-state index contributed by atoms with van der Waals surface area (Å²) in [6.45, 7) is 6.46. The van der Waals surface area contributed by atoms with Gasteiger partial charge in [0.15, 0.2) is 5.69 Å². The number of hydrogen-bond acceptors (Lipinski definition) is 4. The number of halogens is 2. The number of nitrogens with zero attached hydrogens (tertiary/aromatic N) is 4. The monoisotopic (exact) mass is 642 g/mol. The Morgan fingerprint density at radius 2 is 1.71 bits per heavy atom. The van der Waals surface area contributed by atoms with Gasteiger partial charge in [0.2, 0.25) is 5.88 Å². The van der Waals surface area contributed by atoms with Gasteiger partial charge in [0.1, 0.15) is 6.11 Å². The van der Waals surface area contributed by atoms with E-state index in [1.54, 1.807) is 24.3 Å². The topological polar surface area (TPSA) is 67.7 Å². The Kier molecular flexibility index (Phi) is 10.5. The molecule has 7 nitrogen and oxygen atoms in total. The van der Waals surface area contributed by atoms with Crippen LogP contribution in [0.15, 0.2) is 66.7 Å². The van der Waals surface area contributed by atoms with Crippen molar-refractivity contribution in [1.82, 2.24) is 19.6 Å². The van der Waals surface area contributed by atoms with Crippen molar-refractivity contribution in [3.8, 4) is 35.2 Å². The van der Waals surface area contributed by atoms with Crippen LogP contribution in [0.3, 0.4) is 0 Å². The van der Waals surface area contributed by atoms with Crippen molar-refractivity contribution in [3.63, 3.8) is 0 Å². The Bertz CT molecular complexity index is 1730. The van der Waals surface area contributed by atoms with Crippen LogP contribution < -0.4 is 4.74 Å². The molecule has 0 radical (unpaired) electrons. The normalized spacial score (nSPS) is 12.4. The molecule has 0 fully saturated rings. The highest BCUT2D eigenvalue weighted by Crippen LogP contribution is 2.36. The number of hydrogen-bond donors (Lipinski definition) is 0. The van der Waals surface area contributed by atoms with E-state index in [0.29, 0.717) is 58.6 Å². The van der Waals surface area contributed by atoms with Gasteiger partial charge in [-0.1, -0.05) is 98.8 Å². The molecular weight excluding hydrogens is 607 g/mol. The first-order valence-electron chi connectivity index (χ1n) is 15.3. The number of aromatic nitrogens is 2. The van der Waals surface area contributed by atoms with Crippen molar-refractivity contribution in [2.24, 2.45) is 0 Å². The summed E-state index contributed by atoms with van der Waals surface area (Å²) in [6, 6.07) is 20.5. The van der Waals surface area contributed by atoms with Gasteiger partial charge in [-0.15, -0.1) is 0 Å². The molecule has 0 bridgehead atoms.